The number of hydrogen-bond acceptors (Lipinski definition) is 4. The minimum absolute atomic E-state index is 0. The van der Waals surface area contributed by atoms with Gasteiger partial charge in [0.05, 0.1) is 5.69 Å². The van der Waals surface area contributed by atoms with Crippen LogP contribution < -0.4 is 9.80 Å². The second-order valence-electron chi connectivity index (χ2n) is 6.17. The number of aromatic nitrogens is 2. The van der Waals surface area contributed by atoms with Crippen molar-refractivity contribution in [3.63, 3.8) is 0 Å². The minimum atomic E-state index is 0. The van der Waals surface area contributed by atoms with Gasteiger partial charge in [-0.25, -0.2) is 9.97 Å². The van der Waals surface area contributed by atoms with Crippen molar-refractivity contribution in [1.82, 2.24) is 9.97 Å². The van der Waals surface area contributed by atoms with Crippen LogP contribution in [0, 0.1) is 6.92 Å². The third-order valence-electron chi connectivity index (χ3n) is 4.35. The summed E-state index contributed by atoms with van der Waals surface area (Å²) in [5.74, 6) is 1.72. The predicted molar refractivity (Wildman–Crippen MR) is 111 cm³/mol. The van der Waals surface area contributed by atoms with Crippen molar-refractivity contribution in [3.05, 3.63) is 84.3 Å². The van der Waals surface area contributed by atoms with Gasteiger partial charge in [-0.1, -0.05) is 24.3 Å². The average Bonchev–Trinajstić information content (AvgIpc) is 2.64. The first-order valence-electron chi connectivity index (χ1n) is 8.39. The van der Waals surface area contributed by atoms with Crippen molar-refractivity contribution < 1.29 is 0 Å². The molecule has 0 N–H and O–H groups in total. The van der Waals surface area contributed by atoms with E-state index in [4.69, 9.17) is 4.98 Å². The first kappa shape index (κ1) is 18.4. The Kier molecular flexibility index (Phi) is 5.61. The molecule has 1 aromatic carbocycles. The number of anilines is 4. The van der Waals surface area contributed by atoms with Crippen LogP contribution in [0.4, 0.5) is 23.0 Å². The summed E-state index contributed by atoms with van der Waals surface area (Å²) in [5, 5.41) is 0. The van der Waals surface area contributed by atoms with E-state index in [2.05, 4.69) is 52.3 Å². The summed E-state index contributed by atoms with van der Waals surface area (Å²) in [6.07, 6.45) is 7.07. The van der Waals surface area contributed by atoms with Crippen molar-refractivity contribution in [1.29, 1.82) is 0 Å². The van der Waals surface area contributed by atoms with E-state index in [0.29, 0.717) is 0 Å². The van der Waals surface area contributed by atoms with Gasteiger partial charge in [-0.2, -0.15) is 0 Å². The predicted octanol–water partition coefficient (Wildman–Crippen LogP) is 3.84. The van der Waals surface area contributed by atoms with E-state index in [-0.39, 0.29) is 23.9 Å². The molecule has 0 atom stereocenters. The topological polar surface area (TPSA) is 32.3 Å². The molecule has 0 unspecified atom stereocenters. The summed E-state index contributed by atoms with van der Waals surface area (Å²) in [6.45, 7) is 2.01. The van der Waals surface area contributed by atoms with E-state index in [1.807, 2.05) is 49.5 Å². The maximum atomic E-state index is 4.72. The molecule has 2 aromatic heterocycles. The first-order valence-corrected chi connectivity index (χ1v) is 8.39. The molecule has 0 amide bonds. The summed E-state index contributed by atoms with van der Waals surface area (Å²) in [4.78, 5) is 13.5. The second kappa shape index (κ2) is 7.91. The van der Waals surface area contributed by atoms with E-state index in [9.17, 15) is 0 Å². The maximum absolute atomic E-state index is 4.72. The van der Waals surface area contributed by atoms with Crippen LogP contribution in [0.3, 0.4) is 0 Å². The Hall–Kier alpha value is -2.34. The normalized spacial score (nSPS) is 12.3. The summed E-state index contributed by atoms with van der Waals surface area (Å²) >= 11 is 0. The van der Waals surface area contributed by atoms with Crippen LogP contribution in [0.25, 0.3) is 0 Å². The number of allylic oxidation sites excluding steroid dienone is 1. The van der Waals surface area contributed by atoms with Gasteiger partial charge < -0.3 is 4.90 Å². The van der Waals surface area contributed by atoms with Gasteiger partial charge in [0, 0.05) is 30.8 Å². The van der Waals surface area contributed by atoms with Gasteiger partial charge in [-0.05, 0) is 55.3 Å². The van der Waals surface area contributed by atoms with Gasteiger partial charge in [0.1, 0.15) is 11.6 Å². The zero-order valence-corrected chi connectivity index (χ0v) is 19.2. The summed E-state index contributed by atoms with van der Waals surface area (Å²) in [7, 11) is 2.08. The van der Waals surface area contributed by atoms with Gasteiger partial charge >= 0.3 is 23.9 Å². The fourth-order valence-electron chi connectivity index (χ4n) is 3.13. The molecule has 2 radical (unpaired) electrons. The zero-order chi connectivity index (χ0) is 17.2. The van der Waals surface area contributed by atoms with Gasteiger partial charge in [-0.3, -0.25) is 4.90 Å². The molecule has 4 rings (SSSR count). The number of fused-ring (bicyclic) bond motifs is 1. The average molecular weight is 449 g/mol. The summed E-state index contributed by atoms with van der Waals surface area (Å²) < 4.78 is 0. The molecule has 5 heteroatoms. The standard InChI is InChI=1S/C21H20N4.Sn.2H/c1-16-7-5-10-21(23-16)25(20-9-3-4-13-22-20)18-12-11-17-8-6-14-24(2)19(17)15-18;;;/h3-7,9-15H,8H2,1-2H3;;;. The summed E-state index contributed by atoms with van der Waals surface area (Å²) in [5.41, 5.74) is 4.58. The van der Waals surface area contributed by atoms with Crippen LogP contribution in [0.15, 0.2) is 73.1 Å². The van der Waals surface area contributed by atoms with Gasteiger partial charge in [0.2, 0.25) is 0 Å². The van der Waals surface area contributed by atoms with Crippen LogP contribution in [0.2, 0.25) is 0 Å². The molecule has 0 bridgehead atoms. The Bertz CT molecular complexity index is 924. The fourth-order valence-corrected chi connectivity index (χ4v) is 3.13. The Morgan fingerprint density at radius 1 is 1.00 bits per heavy atom. The molecule has 4 nitrogen and oxygen atoms in total. The van der Waals surface area contributed by atoms with Crippen molar-refractivity contribution in [2.75, 3.05) is 16.8 Å². The number of hydrogen-bond donors (Lipinski definition) is 0. The molecule has 3 aromatic rings. The molecule has 1 aliphatic rings. The third kappa shape index (κ3) is 3.60. The number of aryl methyl sites for hydroxylation is 1. The molecule has 0 fully saturated rings. The van der Waals surface area contributed by atoms with E-state index in [0.717, 1.165) is 29.4 Å². The van der Waals surface area contributed by atoms with Crippen LogP contribution in [0.1, 0.15) is 11.3 Å². The Labute approximate surface area is 171 Å². The SMILES string of the molecule is Cc1cccc(N(c2ccc3c(c2)N(C)C=CC3)c2ccccn2)n1.[SnH2]. The Morgan fingerprint density at radius 2 is 1.85 bits per heavy atom. The molecule has 0 spiro atoms. The molecular weight excluding hydrogens is 427 g/mol. The molecule has 3 heterocycles. The molecule has 130 valence electrons. The molecule has 1 aliphatic heterocycles. The number of rotatable bonds is 3. The molecular formula is C21H22N4Sn. The molecule has 26 heavy (non-hydrogen) atoms. The van der Waals surface area contributed by atoms with E-state index in [1.54, 1.807) is 0 Å². The Morgan fingerprint density at radius 3 is 2.62 bits per heavy atom. The second-order valence-corrected chi connectivity index (χ2v) is 6.17. The molecule has 0 aliphatic carbocycles. The third-order valence-corrected chi connectivity index (χ3v) is 4.35. The van der Waals surface area contributed by atoms with Crippen molar-refractivity contribution in [2.24, 2.45) is 0 Å². The van der Waals surface area contributed by atoms with Gasteiger partial charge in [-0.15, -0.1) is 0 Å². The van der Waals surface area contributed by atoms with E-state index < -0.39 is 0 Å². The van der Waals surface area contributed by atoms with Crippen LogP contribution in [-0.2, 0) is 6.42 Å². The quantitative estimate of drug-likeness (QED) is 0.569. The van der Waals surface area contributed by atoms with Gasteiger partial charge in [0.15, 0.2) is 0 Å². The fraction of sp³-hybridized carbons (Fsp3) is 0.143. The van der Waals surface area contributed by atoms with Crippen molar-refractivity contribution in [3.8, 4) is 0 Å². The molecule has 0 saturated heterocycles. The van der Waals surface area contributed by atoms with Gasteiger partial charge in [0.25, 0.3) is 0 Å². The zero-order valence-electron chi connectivity index (χ0n) is 15.1. The number of pyridine rings is 2. The van der Waals surface area contributed by atoms with Crippen LogP contribution in [0.5, 0.6) is 0 Å². The van der Waals surface area contributed by atoms with E-state index in [1.165, 1.54) is 11.3 Å². The van der Waals surface area contributed by atoms with Crippen molar-refractivity contribution >= 4 is 46.9 Å². The monoisotopic (exact) mass is 450 g/mol. The number of nitrogens with zero attached hydrogens (tertiary/aromatic N) is 4. The molecule has 0 saturated carbocycles. The first-order chi connectivity index (χ1) is 12.2. The van der Waals surface area contributed by atoms with E-state index >= 15 is 0 Å². The van der Waals surface area contributed by atoms with Crippen molar-refractivity contribution in [2.45, 2.75) is 13.3 Å². The Balaban J connectivity index is 0.00000196. The van der Waals surface area contributed by atoms with Crippen LogP contribution in [-0.4, -0.2) is 40.9 Å². The summed E-state index contributed by atoms with van der Waals surface area (Å²) in [6, 6.07) is 18.5. The number of benzene rings is 1. The van der Waals surface area contributed by atoms with Crippen LogP contribution >= 0.6 is 0 Å².